The average molecular weight is 342 g/mol. The van der Waals surface area contributed by atoms with Crippen LogP contribution in [0.5, 0.6) is 0 Å². The zero-order valence-corrected chi connectivity index (χ0v) is 14.3. The van der Waals surface area contributed by atoms with E-state index < -0.39 is 11.6 Å². The Balaban J connectivity index is 2.52. The number of methoxy groups -OCH3 is 1. The van der Waals surface area contributed by atoms with Gasteiger partial charge in [0.05, 0.1) is 7.11 Å². The van der Waals surface area contributed by atoms with Crippen LogP contribution in [0.25, 0.3) is 0 Å². The van der Waals surface area contributed by atoms with E-state index in [9.17, 15) is 18.4 Å². The van der Waals surface area contributed by atoms with E-state index in [0.29, 0.717) is 19.3 Å². The summed E-state index contributed by atoms with van der Waals surface area (Å²) in [4.78, 5) is 24.8. The number of rotatable bonds is 8. The number of halogens is 2. The summed E-state index contributed by atoms with van der Waals surface area (Å²) in [7, 11) is 2.98. The number of benzene rings is 1. The molecule has 0 radical (unpaired) electrons. The number of carbonyl (C=O) groups excluding carboxylic acids is 2. The second-order valence-corrected chi connectivity index (χ2v) is 5.51. The van der Waals surface area contributed by atoms with E-state index >= 15 is 0 Å². The first kappa shape index (κ1) is 19.9. The molecule has 0 heterocycles. The van der Waals surface area contributed by atoms with Crippen LogP contribution in [-0.4, -0.2) is 37.1 Å². The van der Waals surface area contributed by atoms with Crippen LogP contribution < -0.4 is 5.32 Å². The van der Waals surface area contributed by atoms with Gasteiger partial charge in [-0.25, -0.2) is 13.6 Å². The van der Waals surface area contributed by atoms with Gasteiger partial charge in [-0.2, -0.15) is 0 Å². The quantitative estimate of drug-likeness (QED) is 0.738. The van der Waals surface area contributed by atoms with Crippen molar-refractivity contribution in [2.45, 2.75) is 45.2 Å². The molecule has 1 N–H and O–H groups in total. The van der Waals surface area contributed by atoms with Crippen LogP contribution in [0.1, 0.15) is 38.2 Å². The molecular weight excluding hydrogens is 318 g/mol. The molecule has 5 nitrogen and oxygen atoms in total. The van der Waals surface area contributed by atoms with Crippen LogP contribution in [0.4, 0.5) is 13.6 Å². The maximum absolute atomic E-state index is 13.6. The number of hydrogen-bond donors (Lipinski definition) is 1. The Morgan fingerprint density at radius 3 is 2.67 bits per heavy atom. The molecule has 24 heavy (non-hydrogen) atoms. The summed E-state index contributed by atoms with van der Waals surface area (Å²) in [6.45, 7) is 1.85. The van der Waals surface area contributed by atoms with Crippen LogP contribution in [0, 0.1) is 11.6 Å². The smallest absolute Gasteiger partial charge is 0.317 e. The summed E-state index contributed by atoms with van der Waals surface area (Å²) in [6.07, 6.45) is 2.29. The standard InChI is InChI=1S/C17H24F2N2O3/c1-4-13(8-6-10-15(22)24-3)21(2)17(23)20-11-12-7-5-9-14(18)16(12)19/h5,7,9,13H,4,6,8,10-11H2,1-3H3,(H,20,23). The van der Waals surface area contributed by atoms with Crippen LogP contribution in [0.2, 0.25) is 0 Å². The van der Waals surface area contributed by atoms with Gasteiger partial charge in [-0.1, -0.05) is 19.1 Å². The fourth-order valence-corrected chi connectivity index (χ4v) is 2.40. The molecule has 0 aliphatic carbocycles. The Kier molecular flexibility index (Phi) is 8.15. The van der Waals surface area contributed by atoms with E-state index in [2.05, 4.69) is 10.1 Å². The number of nitrogens with zero attached hydrogens (tertiary/aromatic N) is 1. The molecule has 1 aromatic carbocycles. The van der Waals surface area contributed by atoms with Crippen molar-refractivity contribution >= 4 is 12.0 Å². The van der Waals surface area contributed by atoms with Gasteiger partial charge in [0.25, 0.3) is 0 Å². The molecule has 0 fully saturated rings. The average Bonchev–Trinajstić information content (AvgIpc) is 2.58. The monoisotopic (exact) mass is 342 g/mol. The predicted molar refractivity (Wildman–Crippen MR) is 86.3 cm³/mol. The van der Waals surface area contributed by atoms with Gasteiger partial charge in [-0.15, -0.1) is 0 Å². The third-order valence-corrected chi connectivity index (χ3v) is 3.95. The zero-order chi connectivity index (χ0) is 18.1. The SMILES string of the molecule is CCC(CCCC(=O)OC)N(C)C(=O)NCc1cccc(F)c1F. The number of nitrogens with one attached hydrogen (secondary N) is 1. The van der Waals surface area contributed by atoms with Gasteiger partial charge in [0, 0.05) is 31.6 Å². The third kappa shape index (κ3) is 5.79. The minimum Gasteiger partial charge on any atom is -0.469 e. The van der Waals surface area contributed by atoms with Crippen molar-refractivity contribution in [2.75, 3.05) is 14.2 Å². The van der Waals surface area contributed by atoms with Crippen LogP contribution in [0.3, 0.4) is 0 Å². The number of ether oxygens (including phenoxy) is 1. The molecule has 2 amide bonds. The molecule has 0 bridgehead atoms. The van der Waals surface area contributed by atoms with E-state index in [-0.39, 0.29) is 30.2 Å². The Labute approximate surface area is 141 Å². The number of urea groups is 1. The van der Waals surface area contributed by atoms with Crippen molar-refractivity contribution in [3.63, 3.8) is 0 Å². The fraction of sp³-hybridized carbons (Fsp3) is 0.529. The highest BCUT2D eigenvalue weighted by Gasteiger charge is 2.19. The van der Waals surface area contributed by atoms with Gasteiger partial charge in [0.15, 0.2) is 11.6 Å². The predicted octanol–water partition coefficient (Wildman–Crippen LogP) is 3.23. The van der Waals surface area contributed by atoms with Crippen molar-refractivity contribution in [3.05, 3.63) is 35.4 Å². The lowest BCUT2D eigenvalue weighted by Crippen LogP contribution is -2.43. The van der Waals surface area contributed by atoms with Crippen molar-refractivity contribution in [1.82, 2.24) is 10.2 Å². The maximum atomic E-state index is 13.6. The number of esters is 1. The third-order valence-electron chi connectivity index (χ3n) is 3.95. The Hall–Kier alpha value is -2.18. The van der Waals surface area contributed by atoms with Crippen LogP contribution in [0.15, 0.2) is 18.2 Å². The Bertz CT molecular complexity index is 567. The largest absolute Gasteiger partial charge is 0.469 e. The summed E-state index contributed by atoms with van der Waals surface area (Å²) in [5.41, 5.74) is 0.0930. The molecule has 0 saturated carbocycles. The van der Waals surface area contributed by atoms with E-state index in [1.165, 1.54) is 24.1 Å². The second-order valence-electron chi connectivity index (χ2n) is 5.51. The first-order valence-corrected chi connectivity index (χ1v) is 7.91. The molecule has 1 rings (SSSR count). The van der Waals surface area contributed by atoms with Gasteiger partial charge in [0.2, 0.25) is 0 Å². The van der Waals surface area contributed by atoms with Crippen molar-refractivity contribution in [3.8, 4) is 0 Å². The topological polar surface area (TPSA) is 58.6 Å². The van der Waals surface area contributed by atoms with E-state index in [1.54, 1.807) is 7.05 Å². The van der Waals surface area contributed by atoms with Gasteiger partial charge in [-0.05, 0) is 25.3 Å². The zero-order valence-electron chi connectivity index (χ0n) is 14.3. The summed E-state index contributed by atoms with van der Waals surface area (Å²) >= 11 is 0. The first-order valence-electron chi connectivity index (χ1n) is 7.91. The van der Waals surface area contributed by atoms with Crippen LogP contribution >= 0.6 is 0 Å². The Morgan fingerprint density at radius 2 is 2.04 bits per heavy atom. The highest BCUT2D eigenvalue weighted by atomic mass is 19.2. The summed E-state index contributed by atoms with van der Waals surface area (Å²) in [5.74, 6) is -2.17. The van der Waals surface area contributed by atoms with E-state index in [1.807, 2.05) is 6.92 Å². The molecule has 1 aromatic rings. The Morgan fingerprint density at radius 1 is 1.33 bits per heavy atom. The van der Waals surface area contributed by atoms with Crippen LogP contribution in [-0.2, 0) is 16.1 Å². The first-order chi connectivity index (χ1) is 11.4. The molecule has 0 spiro atoms. The van der Waals surface area contributed by atoms with Gasteiger partial charge < -0.3 is 15.0 Å². The lowest BCUT2D eigenvalue weighted by molar-refractivity contribution is -0.140. The highest BCUT2D eigenvalue weighted by Crippen LogP contribution is 2.13. The van der Waals surface area contributed by atoms with Gasteiger partial charge in [0.1, 0.15) is 0 Å². The molecule has 134 valence electrons. The number of carbonyl (C=O) groups is 2. The minimum atomic E-state index is -0.953. The molecule has 0 aromatic heterocycles. The number of hydrogen-bond acceptors (Lipinski definition) is 3. The molecule has 0 aliphatic heterocycles. The van der Waals surface area contributed by atoms with Crippen molar-refractivity contribution in [1.29, 1.82) is 0 Å². The normalized spacial score (nSPS) is 11.7. The van der Waals surface area contributed by atoms with Crippen molar-refractivity contribution < 1.29 is 23.1 Å². The molecule has 1 atom stereocenters. The molecule has 1 unspecified atom stereocenters. The highest BCUT2D eigenvalue weighted by molar-refractivity contribution is 5.74. The molecule has 7 heteroatoms. The number of amides is 2. The van der Waals surface area contributed by atoms with E-state index in [0.717, 1.165) is 12.5 Å². The summed E-state index contributed by atoms with van der Waals surface area (Å²) in [6, 6.07) is 3.43. The molecule has 0 saturated heterocycles. The second kappa shape index (κ2) is 9.85. The fourth-order valence-electron chi connectivity index (χ4n) is 2.40. The molecule has 0 aliphatic rings. The van der Waals surface area contributed by atoms with E-state index in [4.69, 9.17) is 0 Å². The maximum Gasteiger partial charge on any atom is 0.317 e. The van der Waals surface area contributed by atoms with Crippen molar-refractivity contribution in [2.24, 2.45) is 0 Å². The van der Waals surface area contributed by atoms with Gasteiger partial charge >= 0.3 is 12.0 Å². The molecular formula is C17H24F2N2O3. The lowest BCUT2D eigenvalue weighted by Gasteiger charge is -2.27. The van der Waals surface area contributed by atoms with Gasteiger partial charge in [-0.3, -0.25) is 4.79 Å². The minimum absolute atomic E-state index is 0.0491. The summed E-state index contributed by atoms with van der Waals surface area (Å²) < 4.78 is 31.3. The lowest BCUT2D eigenvalue weighted by atomic mass is 10.1. The summed E-state index contributed by atoms with van der Waals surface area (Å²) in [5, 5.41) is 2.58.